The first-order valence-electron chi connectivity index (χ1n) is 4.29. The lowest BCUT2D eigenvalue weighted by atomic mass is 9.96. The van der Waals surface area contributed by atoms with Crippen LogP contribution in [0.15, 0.2) is 12.0 Å². The number of hydrogen-bond acceptors (Lipinski definition) is 2. The normalized spacial score (nSPS) is 20.7. The molecule has 70 valence electrons. The maximum atomic E-state index is 11.0. The lowest BCUT2D eigenvalue weighted by molar-refractivity contribution is 0.413. The van der Waals surface area contributed by atoms with Gasteiger partial charge in [0.15, 0.2) is 0 Å². The summed E-state index contributed by atoms with van der Waals surface area (Å²) < 4.78 is 24.7. The molecule has 0 amide bonds. The first-order chi connectivity index (χ1) is 5.64. The van der Waals surface area contributed by atoms with Gasteiger partial charge in [-0.15, -0.1) is 0 Å². The molecule has 0 atom stereocenters. The van der Waals surface area contributed by atoms with Gasteiger partial charge in [-0.25, -0.2) is 13.1 Å². The fraction of sp³-hybridized carbons (Fsp3) is 0.750. The van der Waals surface area contributed by atoms with Crippen molar-refractivity contribution in [3.8, 4) is 0 Å². The van der Waals surface area contributed by atoms with Crippen molar-refractivity contribution in [2.45, 2.75) is 38.1 Å². The molecule has 12 heavy (non-hydrogen) atoms. The van der Waals surface area contributed by atoms with Crippen molar-refractivity contribution in [3.05, 3.63) is 12.0 Å². The molecular formula is C8H15NO2S. The molecule has 4 heteroatoms. The number of hydrogen-bond donors (Lipinski definition) is 1. The van der Waals surface area contributed by atoms with Crippen LogP contribution in [0.5, 0.6) is 0 Å². The van der Waals surface area contributed by atoms with Crippen LogP contribution in [0.25, 0.3) is 0 Å². The molecule has 0 aromatic rings. The van der Waals surface area contributed by atoms with Gasteiger partial charge in [0, 0.05) is 11.4 Å². The lowest BCUT2D eigenvalue weighted by Crippen LogP contribution is -2.34. The van der Waals surface area contributed by atoms with Gasteiger partial charge in [0.2, 0.25) is 10.0 Å². The Hall–Kier alpha value is -0.350. The fourth-order valence-electron chi connectivity index (χ4n) is 1.50. The molecule has 0 unspecified atom stereocenters. The Morgan fingerprint density at radius 2 is 1.83 bits per heavy atom. The van der Waals surface area contributed by atoms with E-state index in [0.29, 0.717) is 0 Å². The van der Waals surface area contributed by atoms with E-state index < -0.39 is 10.0 Å². The molecule has 1 saturated carbocycles. The van der Waals surface area contributed by atoms with Crippen molar-refractivity contribution >= 4 is 10.0 Å². The molecule has 0 radical (unpaired) electrons. The highest BCUT2D eigenvalue weighted by molar-refractivity contribution is 7.92. The highest BCUT2D eigenvalue weighted by atomic mass is 32.2. The predicted molar refractivity (Wildman–Crippen MR) is 49.1 cm³/mol. The molecule has 0 aliphatic heterocycles. The predicted octanol–water partition coefficient (Wildman–Crippen LogP) is 1.38. The highest BCUT2D eigenvalue weighted by Crippen LogP contribution is 2.17. The number of rotatable bonds is 3. The fourth-order valence-corrected chi connectivity index (χ4v) is 2.30. The van der Waals surface area contributed by atoms with Crippen LogP contribution in [0.4, 0.5) is 0 Å². The van der Waals surface area contributed by atoms with Crippen molar-refractivity contribution in [1.82, 2.24) is 4.72 Å². The topological polar surface area (TPSA) is 46.2 Å². The number of sulfonamides is 1. The van der Waals surface area contributed by atoms with Gasteiger partial charge in [0.1, 0.15) is 0 Å². The lowest BCUT2D eigenvalue weighted by Gasteiger charge is -2.21. The SMILES string of the molecule is C=CS(=O)(=O)NC1CCCCC1. The van der Waals surface area contributed by atoms with Crippen molar-refractivity contribution in [2.75, 3.05) is 0 Å². The Morgan fingerprint density at radius 3 is 2.33 bits per heavy atom. The van der Waals surface area contributed by atoms with Crippen molar-refractivity contribution in [2.24, 2.45) is 0 Å². The zero-order valence-corrected chi connectivity index (χ0v) is 7.94. The van der Waals surface area contributed by atoms with E-state index in [2.05, 4.69) is 11.3 Å². The van der Waals surface area contributed by atoms with Gasteiger partial charge in [0.25, 0.3) is 0 Å². The summed E-state index contributed by atoms with van der Waals surface area (Å²) in [7, 11) is -3.21. The van der Waals surface area contributed by atoms with E-state index in [-0.39, 0.29) is 6.04 Å². The van der Waals surface area contributed by atoms with Gasteiger partial charge in [-0.2, -0.15) is 0 Å². The Labute approximate surface area is 73.9 Å². The second-order valence-corrected chi connectivity index (χ2v) is 4.82. The smallest absolute Gasteiger partial charge is 0.209 e. The molecule has 3 nitrogen and oxygen atoms in total. The summed E-state index contributed by atoms with van der Waals surface area (Å²) in [6.45, 7) is 3.25. The monoisotopic (exact) mass is 189 g/mol. The summed E-state index contributed by atoms with van der Waals surface area (Å²) in [6.07, 6.45) is 5.42. The minimum atomic E-state index is -3.21. The van der Waals surface area contributed by atoms with Crippen molar-refractivity contribution in [3.63, 3.8) is 0 Å². The highest BCUT2D eigenvalue weighted by Gasteiger charge is 2.17. The second kappa shape index (κ2) is 4.05. The molecule has 1 aliphatic carbocycles. The van der Waals surface area contributed by atoms with Crippen molar-refractivity contribution in [1.29, 1.82) is 0 Å². The molecule has 1 rings (SSSR count). The van der Waals surface area contributed by atoms with Crippen LogP contribution < -0.4 is 4.72 Å². The zero-order chi connectivity index (χ0) is 9.03. The van der Waals surface area contributed by atoms with Crippen LogP contribution in [0.2, 0.25) is 0 Å². The standard InChI is InChI=1S/C8H15NO2S/c1-2-12(10,11)9-8-6-4-3-5-7-8/h2,8-9H,1,3-7H2. The molecule has 1 N–H and O–H groups in total. The maximum absolute atomic E-state index is 11.0. The van der Waals surface area contributed by atoms with Crippen molar-refractivity contribution < 1.29 is 8.42 Å². The van der Waals surface area contributed by atoms with E-state index in [1.807, 2.05) is 0 Å². The minimum Gasteiger partial charge on any atom is -0.209 e. The van der Waals surface area contributed by atoms with Crippen LogP contribution in [-0.2, 0) is 10.0 Å². The van der Waals surface area contributed by atoms with E-state index >= 15 is 0 Å². The van der Waals surface area contributed by atoms with Crippen LogP contribution in [0.1, 0.15) is 32.1 Å². The molecule has 0 aromatic carbocycles. The molecular weight excluding hydrogens is 174 g/mol. The van der Waals surface area contributed by atoms with Gasteiger partial charge in [-0.3, -0.25) is 0 Å². The quantitative estimate of drug-likeness (QED) is 0.729. The summed E-state index contributed by atoms with van der Waals surface area (Å²) in [5.41, 5.74) is 0. The molecule has 0 bridgehead atoms. The third-order valence-corrected chi connectivity index (χ3v) is 3.26. The largest absolute Gasteiger partial charge is 0.233 e. The van der Waals surface area contributed by atoms with Gasteiger partial charge >= 0.3 is 0 Å². The van der Waals surface area contributed by atoms with E-state index in [9.17, 15) is 8.42 Å². The summed E-state index contributed by atoms with van der Waals surface area (Å²) in [6, 6.07) is 0.141. The molecule has 1 fully saturated rings. The maximum Gasteiger partial charge on any atom is 0.233 e. The zero-order valence-electron chi connectivity index (χ0n) is 7.12. The summed E-state index contributed by atoms with van der Waals surface area (Å²) >= 11 is 0. The van der Waals surface area contributed by atoms with Crippen LogP contribution in [-0.4, -0.2) is 14.5 Å². The third kappa shape index (κ3) is 2.95. The Bertz CT molecular complexity index is 240. The van der Waals surface area contributed by atoms with E-state index in [4.69, 9.17) is 0 Å². The Kier molecular flexibility index (Phi) is 3.29. The first-order valence-corrected chi connectivity index (χ1v) is 5.83. The second-order valence-electron chi connectivity index (χ2n) is 3.16. The molecule has 0 aromatic heterocycles. The van der Waals surface area contributed by atoms with Gasteiger partial charge < -0.3 is 0 Å². The summed E-state index contributed by atoms with van der Waals surface area (Å²) in [4.78, 5) is 0. The Balaban J connectivity index is 2.44. The third-order valence-electron chi connectivity index (χ3n) is 2.16. The van der Waals surface area contributed by atoms with Gasteiger partial charge in [-0.05, 0) is 12.8 Å². The molecule has 1 aliphatic rings. The number of nitrogens with one attached hydrogen (secondary N) is 1. The van der Waals surface area contributed by atoms with Crippen LogP contribution >= 0.6 is 0 Å². The average Bonchev–Trinajstić information content (AvgIpc) is 2.06. The van der Waals surface area contributed by atoms with Crippen LogP contribution in [0.3, 0.4) is 0 Å². The Morgan fingerprint density at radius 1 is 1.25 bits per heavy atom. The molecule has 0 saturated heterocycles. The molecule has 0 heterocycles. The first kappa shape index (κ1) is 9.74. The van der Waals surface area contributed by atoms with E-state index in [1.165, 1.54) is 6.42 Å². The summed E-state index contributed by atoms with van der Waals surface area (Å²) in [5.74, 6) is 0. The summed E-state index contributed by atoms with van der Waals surface area (Å²) in [5, 5.41) is 0.974. The van der Waals surface area contributed by atoms with E-state index in [1.54, 1.807) is 0 Å². The molecule has 0 spiro atoms. The average molecular weight is 189 g/mol. The van der Waals surface area contributed by atoms with Gasteiger partial charge in [-0.1, -0.05) is 25.8 Å². The van der Waals surface area contributed by atoms with Crippen LogP contribution in [0, 0.1) is 0 Å². The van der Waals surface area contributed by atoms with Gasteiger partial charge in [0.05, 0.1) is 0 Å². The minimum absolute atomic E-state index is 0.141. The van der Waals surface area contributed by atoms with E-state index in [0.717, 1.165) is 31.1 Å².